The molecule has 4 aromatic rings. The van der Waals surface area contributed by atoms with E-state index in [2.05, 4.69) is 25.8 Å². The Morgan fingerprint density at radius 2 is 1.94 bits per heavy atom. The molecule has 2 aromatic heterocycles. The minimum Gasteiger partial charge on any atom is -0.461 e. The van der Waals surface area contributed by atoms with Gasteiger partial charge in [-0.2, -0.15) is 15.2 Å². The Balaban J connectivity index is 1.16. The maximum atomic E-state index is 17.2. The van der Waals surface area contributed by atoms with Crippen molar-refractivity contribution < 1.29 is 22.6 Å². The van der Waals surface area contributed by atoms with Gasteiger partial charge in [-0.3, -0.25) is 9.80 Å². The SMILES string of the molecule is COC1CCC1N1[C@@H]2CC[C@H]1CN(c1nc(OC[C@@]34CCCN3C[C@H](F)C4)nc3c(F)c(-c4ccc(F)c5sc(N)c(C#N)c45)c(Cl)cc13)C2. The Morgan fingerprint density at radius 3 is 2.66 bits per heavy atom. The molecule has 262 valence electrons. The molecule has 4 saturated heterocycles. The highest BCUT2D eigenvalue weighted by Crippen LogP contribution is 2.47. The van der Waals surface area contributed by atoms with Crippen molar-refractivity contribution >= 4 is 54.7 Å². The van der Waals surface area contributed by atoms with Crippen LogP contribution in [0.2, 0.25) is 5.02 Å². The highest BCUT2D eigenvalue weighted by Gasteiger charge is 2.50. The summed E-state index contributed by atoms with van der Waals surface area (Å²) in [5, 5.41) is 10.8. The molecule has 14 heteroatoms. The topological polar surface area (TPSA) is 104 Å². The number of nitrogens with zero attached hydrogens (tertiary/aromatic N) is 6. The third kappa shape index (κ3) is 4.89. The fraction of sp³-hybridized carbons (Fsp3) is 0.528. The van der Waals surface area contributed by atoms with Crippen molar-refractivity contribution in [1.82, 2.24) is 19.8 Å². The molecule has 0 amide bonds. The van der Waals surface area contributed by atoms with Gasteiger partial charge in [0, 0.05) is 67.6 Å². The Morgan fingerprint density at radius 1 is 1.14 bits per heavy atom. The molecular weight excluding hydrogens is 687 g/mol. The average molecular weight is 724 g/mol. The number of nitrogens with two attached hydrogens (primary N) is 1. The van der Waals surface area contributed by atoms with Gasteiger partial charge >= 0.3 is 6.01 Å². The highest BCUT2D eigenvalue weighted by atomic mass is 35.5. The second-order valence-electron chi connectivity index (χ2n) is 14.5. The lowest BCUT2D eigenvalue weighted by Crippen LogP contribution is -2.63. The van der Waals surface area contributed by atoms with Crippen LogP contribution in [0.4, 0.5) is 24.0 Å². The molecular formula is C36H37ClF3N7O2S. The summed E-state index contributed by atoms with van der Waals surface area (Å²) in [5.41, 5.74) is 5.98. The summed E-state index contributed by atoms with van der Waals surface area (Å²) in [6, 6.07) is 7.35. The van der Waals surface area contributed by atoms with Gasteiger partial charge in [-0.05, 0) is 62.8 Å². The minimum absolute atomic E-state index is 0.00682. The lowest BCUT2D eigenvalue weighted by Gasteiger charge is -2.51. The first-order valence-electron chi connectivity index (χ1n) is 17.4. The van der Waals surface area contributed by atoms with Crippen LogP contribution in [-0.2, 0) is 4.74 Å². The molecule has 1 saturated carbocycles. The van der Waals surface area contributed by atoms with Crippen LogP contribution in [0, 0.1) is 23.0 Å². The number of nitriles is 1. The number of hydrogen-bond donors (Lipinski definition) is 1. The molecule has 5 aliphatic rings. The van der Waals surface area contributed by atoms with Gasteiger partial charge in [-0.25, -0.2) is 13.2 Å². The van der Waals surface area contributed by atoms with Crippen molar-refractivity contribution in [1.29, 1.82) is 5.26 Å². The van der Waals surface area contributed by atoms with Crippen LogP contribution in [0.1, 0.15) is 50.5 Å². The van der Waals surface area contributed by atoms with Gasteiger partial charge in [0.05, 0.1) is 26.9 Å². The van der Waals surface area contributed by atoms with E-state index in [1.165, 1.54) is 12.1 Å². The summed E-state index contributed by atoms with van der Waals surface area (Å²) in [6.07, 6.45) is 5.73. The molecule has 2 aromatic carbocycles. The summed E-state index contributed by atoms with van der Waals surface area (Å²) in [7, 11) is 1.78. The highest BCUT2D eigenvalue weighted by molar-refractivity contribution is 7.23. The van der Waals surface area contributed by atoms with E-state index in [9.17, 15) is 14.0 Å². The van der Waals surface area contributed by atoms with Crippen molar-refractivity contribution in [2.45, 2.75) is 80.9 Å². The number of thiophene rings is 1. The van der Waals surface area contributed by atoms with E-state index in [1.807, 2.05) is 0 Å². The quantitative estimate of drug-likeness (QED) is 0.224. The molecule has 0 radical (unpaired) electrons. The number of halogens is 4. The zero-order valence-corrected chi connectivity index (χ0v) is 29.2. The first kappa shape index (κ1) is 32.5. The van der Waals surface area contributed by atoms with Gasteiger partial charge in [0.1, 0.15) is 41.0 Å². The van der Waals surface area contributed by atoms with Crippen LogP contribution >= 0.6 is 22.9 Å². The molecule has 0 spiro atoms. The van der Waals surface area contributed by atoms with E-state index in [0.29, 0.717) is 43.3 Å². The predicted molar refractivity (Wildman–Crippen MR) is 188 cm³/mol. The third-order valence-electron chi connectivity index (χ3n) is 12.0. The minimum atomic E-state index is -0.925. The number of alkyl halides is 1. The number of ether oxygens (including phenoxy) is 2. The molecule has 9 rings (SSSR count). The Hall–Kier alpha value is -3.41. The largest absolute Gasteiger partial charge is 0.461 e. The van der Waals surface area contributed by atoms with Crippen molar-refractivity contribution in [2.75, 3.05) is 50.5 Å². The van der Waals surface area contributed by atoms with Crippen LogP contribution < -0.4 is 15.4 Å². The van der Waals surface area contributed by atoms with Crippen molar-refractivity contribution in [3.05, 3.63) is 40.4 Å². The van der Waals surface area contributed by atoms with Gasteiger partial charge < -0.3 is 20.1 Å². The average Bonchev–Trinajstić information content (AvgIpc) is 3.78. The summed E-state index contributed by atoms with van der Waals surface area (Å²) in [5.74, 6) is -0.759. The first-order valence-corrected chi connectivity index (χ1v) is 18.6. The van der Waals surface area contributed by atoms with E-state index in [-0.39, 0.29) is 73.1 Å². The van der Waals surface area contributed by atoms with Crippen LogP contribution in [0.5, 0.6) is 6.01 Å². The number of nitrogen functional groups attached to an aromatic ring is 1. The lowest BCUT2D eigenvalue weighted by molar-refractivity contribution is -0.0694. The second-order valence-corrected chi connectivity index (χ2v) is 16.0. The summed E-state index contributed by atoms with van der Waals surface area (Å²) in [6.45, 7) is 2.76. The lowest BCUT2D eigenvalue weighted by atomic mass is 9.85. The maximum Gasteiger partial charge on any atom is 0.319 e. The molecule has 9 nitrogen and oxygen atoms in total. The summed E-state index contributed by atoms with van der Waals surface area (Å²) in [4.78, 5) is 16.5. The van der Waals surface area contributed by atoms with E-state index >= 15 is 4.39 Å². The van der Waals surface area contributed by atoms with Gasteiger partial charge in [0.2, 0.25) is 0 Å². The Kier molecular flexibility index (Phi) is 7.86. The summed E-state index contributed by atoms with van der Waals surface area (Å²) >= 11 is 7.88. The maximum absolute atomic E-state index is 17.2. The molecule has 2 unspecified atom stereocenters. The first-order chi connectivity index (χ1) is 24.2. The zero-order chi connectivity index (χ0) is 34.5. The monoisotopic (exact) mass is 723 g/mol. The standard InChI is InChI=1S/C36H37ClF3N7O2S/c1-48-27-8-7-26(27)47-19-3-4-20(47)16-45(15-19)34-22-11-24(37)29(21-5-6-25(39)32-28(21)23(13-41)33(42)50-32)30(40)31(22)43-35(44-34)49-17-36-9-2-10-46(36)14-18(38)12-36/h5-6,11,18-20,26-27H,2-4,7-10,12,14-17,42H2,1H3/t18-,19-,20+,26?,27?,36+/m1/s1. The molecule has 2 bridgehead atoms. The molecule has 6 atom stereocenters. The fourth-order valence-electron chi connectivity index (χ4n) is 9.59. The number of methoxy groups -OCH3 is 1. The summed E-state index contributed by atoms with van der Waals surface area (Å²) < 4.78 is 59.0. The fourth-order valence-corrected chi connectivity index (χ4v) is 10.8. The second kappa shape index (κ2) is 12.1. The Bertz CT molecular complexity index is 2060. The predicted octanol–water partition coefficient (Wildman–Crippen LogP) is 6.68. The molecule has 6 heterocycles. The van der Waals surface area contributed by atoms with E-state index in [1.54, 1.807) is 13.2 Å². The number of aromatic nitrogens is 2. The van der Waals surface area contributed by atoms with Crippen LogP contribution in [0.25, 0.3) is 32.1 Å². The van der Waals surface area contributed by atoms with E-state index in [4.69, 9.17) is 31.8 Å². The number of benzene rings is 2. The van der Waals surface area contributed by atoms with Crippen LogP contribution in [0.15, 0.2) is 18.2 Å². The molecule has 2 N–H and O–H groups in total. The number of rotatable bonds is 7. The Labute approximate surface area is 296 Å². The van der Waals surface area contributed by atoms with Crippen LogP contribution in [-0.4, -0.2) is 95.6 Å². The van der Waals surface area contributed by atoms with Crippen molar-refractivity contribution in [3.8, 4) is 23.2 Å². The smallest absolute Gasteiger partial charge is 0.319 e. The van der Waals surface area contributed by atoms with E-state index in [0.717, 1.165) is 56.4 Å². The molecule has 1 aliphatic carbocycles. The van der Waals surface area contributed by atoms with Crippen molar-refractivity contribution in [3.63, 3.8) is 0 Å². The van der Waals surface area contributed by atoms with Gasteiger partial charge in [-0.15, -0.1) is 11.3 Å². The van der Waals surface area contributed by atoms with Gasteiger partial charge in [0.15, 0.2) is 5.82 Å². The van der Waals surface area contributed by atoms with Gasteiger partial charge in [0.25, 0.3) is 0 Å². The van der Waals surface area contributed by atoms with Crippen LogP contribution in [0.3, 0.4) is 0 Å². The number of anilines is 2. The number of fused-ring (bicyclic) bond motifs is 5. The van der Waals surface area contributed by atoms with E-state index < -0.39 is 23.3 Å². The number of piperazine rings is 1. The third-order valence-corrected chi connectivity index (χ3v) is 13.3. The zero-order valence-electron chi connectivity index (χ0n) is 27.6. The molecule has 50 heavy (non-hydrogen) atoms. The molecule has 4 aliphatic heterocycles. The number of hydrogen-bond acceptors (Lipinski definition) is 10. The molecule has 5 fully saturated rings. The normalized spacial score (nSPS) is 29.5. The van der Waals surface area contributed by atoms with Gasteiger partial charge in [-0.1, -0.05) is 17.7 Å². The van der Waals surface area contributed by atoms with Crippen molar-refractivity contribution in [2.24, 2.45) is 0 Å².